The van der Waals surface area contributed by atoms with Crippen LogP contribution < -0.4 is 15.9 Å². The minimum Gasteiger partial charge on any atom is -0.370 e. The van der Waals surface area contributed by atoms with Crippen molar-refractivity contribution in [2.75, 3.05) is 25.0 Å². The second-order valence-corrected chi connectivity index (χ2v) is 8.94. The molecular weight excluding hydrogens is 441 g/mol. The highest BCUT2D eigenvalue weighted by atomic mass is 32.1. The average Bonchev–Trinajstić information content (AvgIpc) is 2.79. The number of fused-ring (bicyclic) bond motifs is 1. The molecule has 0 spiro atoms. The highest BCUT2D eigenvalue weighted by Gasteiger charge is 2.35. The molecule has 0 atom stereocenters. The summed E-state index contributed by atoms with van der Waals surface area (Å²) in [5.74, 6) is -0.226. The Labute approximate surface area is 196 Å². The number of piperidine rings is 1. The van der Waals surface area contributed by atoms with E-state index in [9.17, 15) is 9.59 Å². The van der Waals surface area contributed by atoms with Gasteiger partial charge < -0.3 is 15.2 Å². The largest absolute Gasteiger partial charge is 0.370 e. The monoisotopic (exact) mass is 469 g/mol. The van der Waals surface area contributed by atoms with E-state index in [4.69, 9.17) is 12.2 Å². The number of aromatic amines is 1. The second kappa shape index (κ2) is 9.05. The molecule has 9 heteroatoms. The Morgan fingerprint density at radius 3 is 2.64 bits per heavy atom. The zero-order valence-corrected chi connectivity index (χ0v) is 19.9. The first-order chi connectivity index (χ1) is 15.7. The molecule has 7 nitrogen and oxygen atoms in total. The van der Waals surface area contributed by atoms with Gasteiger partial charge in [-0.3, -0.25) is 9.36 Å². The first-order valence-corrected chi connectivity index (χ1v) is 11.5. The summed E-state index contributed by atoms with van der Waals surface area (Å²) < 4.78 is 17.8. The molecule has 1 amide bonds. The van der Waals surface area contributed by atoms with E-state index in [2.05, 4.69) is 20.2 Å². The summed E-state index contributed by atoms with van der Waals surface area (Å²) in [6, 6.07) is 9.19. The van der Waals surface area contributed by atoms with Crippen LogP contribution in [0.15, 0.2) is 35.1 Å². The molecule has 0 aliphatic carbocycles. The summed E-state index contributed by atoms with van der Waals surface area (Å²) in [7, 11) is 1.57. The fourth-order valence-corrected chi connectivity index (χ4v) is 4.92. The summed E-state index contributed by atoms with van der Waals surface area (Å²) in [6.45, 7) is 5.37. The van der Waals surface area contributed by atoms with Crippen LogP contribution in [0.3, 0.4) is 0 Å². The molecule has 2 N–H and O–H groups in total. The van der Waals surface area contributed by atoms with Crippen LogP contribution in [0.2, 0.25) is 0 Å². The van der Waals surface area contributed by atoms with Gasteiger partial charge in [0.05, 0.1) is 16.9 Å². The Hall–Kier alpha value is -3.07. The number of halogens is 1. The molecule has 1 aromatic carbocycles. The van der Waals surface area contributed by atoms with E-state index < -0.39 is 5.67 Å². The van der Waals surface area contributed by atoms with E-state index in [1.165, 1.54) is 4.57 Å². The Morgan fingerprint density at radius 1 is 1.27 bits per heavy atom. The minimum absolute atomic E-state index is 0.226. The number of nitrogens with zero attached hydrogens (tertiary/aromatic N) is 3. The van der Waals surface area contributed by atoms with Crippen LogP contribution in [0.5, 0.6) is 0 Å². The lowest BCUT2D eigenvalue weighted by atomic mass is 9.86. The van der Waals surface area contributed by atoms with Crippen LogP contribution in [-0.4, -0.2) is 46.2 Å². The van der Waals surface area contributed by atoms with Crippen molar-refractivity contribution in [2.24, 2.45) is 0 Å². The molecule has 3 heterocycles. The maximum absolute atomic E-state index is 15.7. The number of pyridine rings is 1. The normalized spacial score (nSPS) is 15.6. The Kier molecular flexibility index (Phi) is 6.34. The van der Waals surface area contributed by atoms with Gasteiger partial charge in [0.2, 0.25) is 0 Å². The molecule has 4 rings (SSSR count). The van der Waals surface area contributed by atoms with E-state index in [1.807, 2.05) is 38.1 Å². The third-order valence-electron chi connectivity index (χ3n) is 6.40. The first-order valence-electron chi connectivity index (χ1n) is 11.1. The molecule has 33 heavy (non-hydrogen) atoms. The summed E-state index contributed by atoms with van der Waals surface area (Å²) in [6.07, 6.45) is 1.05. The van der Waals surface area contributed by atoms with Crippen LogP contribution in [0.1, 0.15) is 41.5 Å². The van der Waals surface area contributed by atoms with Gasteiger partial charge in [-0.2, -0.15) is 0 Å². The lowest BCUT2D eigenvalue weighted by Gasteiger charge is -2.38. The van der Waals surface area contributed by atoms with Crippen molar-refractivity contribution in [3.8, 4) is 0 Å². The maximum Gasteiger partial charge on any atom is 0.326 e. The summed E-state index contributed by atoms with van der Waals surface area (Å²) in [4.78, 5) is 33.4. The Bertz CT molecular complexity index is 1320. The number of carbonyl (C=O) groups is 1. The fourth-order valence-electron chi connectivity index (χ4n) is 4.53. The molecule has 174 valence electrons. The topological polar surface area (TPSA) is 83.0 Å². The van der Waals surface area contributed by atoms with Crippen molar-refractivity contribution >= 4 is 34.7 Å². The van der Waals surface area contributed by atoms with Gasteiger partial charge >= 0.3 is 5.69 Å². The molecule has 0 unspecified atom stereocenters. The predicted octanol–water partition coefficient (Wildman–Crippen LogP) is 3.69. The van der Waals surface area contributed by atoms with E-state index in [1.54, 1.807) is 13.1 Å². The molecule has 1 fully saturated rings. The van der Waals surface area contributed by atoms with Crippen molar-refractivity contribution in [3.05, 3.63) is 62.4 Å². The zero-order valence-electron chi connectivity index (χ0n) is 19.1. The number of anilines is 1. The van der Waals surface area contributed by atoms with Gasteiger partial charge in [-0.1, -0.05) is 18.3 Å². The van der Waals surface area contributed by atoms with E-state index in [-0.39, 0.29) is 18.0 Å². The van der Waals surface area contributed by atoms with E-state index in [0.29, 0.717) is 48.3 Å². The molecule has 0 radical (unpaired) electrons. The number of amides is 1. The summed E-state index contributed by atoms with van der Waals surface area (Å²) in [5.41, 5.74) is 1.96. The average molecular weight is 470 g/mol. The molecule has 1 aliphatic rings. The molecule has 3 aromatic rings. The minimum atomic E-state index is -1.33. The molecule has 0 bridgehead atoms. The van der Waals surface area contributed by atoms with Gasteiger partial charge in [-0.15, -0.1) is 0 Å². The molecule has 0 saturated carbocycles. The van der Waals surface area contributed by atoms with Crippen molar-refractivity contribution in [2.45, 2.75) is 45.3 Å². The van der Waals surface area contributed by atoms with Gasteiger partial charge in [0, 0.05) is 38.5 Å². The lowest BCUT2D eigenvalue weighted by Crippen LogP contribution is -2.43. The highest BCUT2D eigenvalue weighted by Crippen LogP contribution is 2.34. The standard InChI is InChI=1S/C24H28FN5O2S/c1-4-30-22(33)17-6-5-16(13-19(17)28-23(30)32)14-24(25)9-11-29(12-10-24)20-8-7-18(21(31)26-3)27-15(20)2/h5-8,13H,4,9-12,14H2,1-3H3,(H,26,31)(H,28,32). The van der Waals surface area contributed by atoms with Gasteiger partial charge in [0.15, 0.2) is 0 Å². The SMILES string of the molecule is CCn1c(=O)[nH]c2cc(CC3(F)CCN(c4ccc(C(=O)NC)nc4C)CC3)ccc2c1=S. The van der Waals surface area contributed by atoms with Gasteiger partial charge in [-0.05, 0) is 56.5 Å². The molecule has 1 aliphatic heterocycles. The van der Waals surface area contributed by atoms with Crippen LogP contribution in [0, 0.1) is 11.6 Å². The fraction of sp³-hybridized carbons (Fsp3) is 0.417. The third kappa shape index (κ3) is 4.55. The van der Waals surface area contributed by atoms with Crippen LogP contribution in [-0.2, 0) is 13.0 Å². The van der Waals surface area contributed by atoms with Crippen molar-refractivity contribution in [3.63, 3.8) is 0 Å². The van der Waals surface area contributed by atoms with Gasteiger partial charge in [0.25, 0.3) is 5.91 Å². The van der Waals surface area contributed by atoms with Gasteiger partial charge in [0.1, 0.15) is 16.0 Å². The molecule has 1 saturated heterocycles. The smallest absolute Gasteiger partial charge is 0.326 e. The van der Waals surface area contributed by atoms with Gasteiger partial charge in [-0.25, -0.2) is 14.2 Å². The van der Waals surface area contributed by atoms with Crippen molar-refractivity contribution in [1.29, 1.82) is 0 Å². The number of H-pyrrole nitrogens is 1. The maximum atomic E-state index is 15.7. The number of hydrogen-bond donors (Lipinski definition) is 2. The summed E-state index contributed by atoms with van der Waals surface area (Å²) in [5, 5.41) is 3.37. The first kappa shape index (κ1) is 23.1. The molecular formula is C24H28FN5O2S. The zero-order chi connectivity index (χ0) is 23.8. The highest BCUT2D eigenvalue weighted by molar-refractivity contribution is 7.71. The van der Waals surface area contributed by atoms with E-state index >= 15 is 4.39 Å². The number of nitrogens with one attached hydrogen (secondary N) is 2. The number of rotatable bonds is 5. The van der Waals surface area contributed by atoms with Crippen molar-refractivity contribution < 1.29 is 9.18 Å². The van der Waals surface area contributed by atoms with Crippen LogP contribution in [0.25, 0.3) is 10.9 Å². The van der Waals surface area contributed by atoms with Crippen LogP contribution >= 0.6 is 12.2 Å². The number of alkyl halides is 1. The third-order valence-corrected chi connectivity index (χ3v) is 6.84. The number of hydrogen-bond acceptors (Lipinski definition) is 5. The summed E-state index contributed by atoms with van der Waals surface area (Å²) >= 11 is 5.44. The van der Waals surface area contributed by atoms with E-state index in [0.717, 1.165) is 22.3 Å². The predicted molar refractivity (Wildman–Crippen MR) is 130 cm³/mol. The Balaban J connectivity index is 1.49. The quantitative estimate of drug-likeness (QED) is 0.557. The second-order valence-electron chi connectivity index (χ2n) is 8.55. The van der Waals surface area contributed by atoms with Crippen LogP contribution in [0.4, 0.5) is 10.1 Å². The van der Waals surface area contributed by atoms with Crippen molar-refractivity contribution in [1.82, 2.24) is 19.9 Å². The number of benzene rings is 1. The molecule has 2 aromatic heterocycles. The number of carbonyl (C=O) groups excluding carboxylic acids is 1. The number of aryl methyl sites for hydroxylation is 1. The lowest BCUT2D eigenvalue weighted by molar-refractivity contribution is 0.0958. The number of aromatic nitrogens is 3. The Morgan fingerprint density at radius 2 is 2.00 bits per heavy atom.